The van der Waals surface area contributed by atoms with Gasteiger partial charge in [-0.3, -0.25) is 0 Å². The number of hydrogen-bond acceptors (Lipinski definition) is 2. The summed E-state index contributed by atoms with van der Waals surface area (Å²) in [7, 11) is 1.63. The van der Waals surface area contributed by atoms with Crippen molar-refractivity contribution in [2.45, 2.75) is 12.5 Å². The van der Waals surface area contributed by atoms with Gasteiger partial charge in [0.1, 0.15) is 12.2 Å². The monoisotopic (exact) mass is 126 g/mol. The van der Waals surface area contributed by atoms with Crippen LogP contribution in [0.5, 0.6) is 0 Å². The van der Waals surface area contributed by atoms with Crippen LogP contribution in [-0.4, -0.2) is 25.9 Å². The lowest BCUT2D eigenvalue weighted by molar-refractivity contribution is 0.239. The van der Waals surface area contributed by atoms with Crippen LogP contribution in [0.25, 0.3) is 0 Å². The molecular weight excluding hydrogens is 116 g/mol. The van der Waals surface area contributed by atoms with Gasteiger partial charge in [-0.15, -0.1) is 0 Å². The minimum atomic E-state index is -0.140. The second-order valence-corrected chi connectivity index (χ2v) is 2.25. The quantitative estimate of drug-likeness (QED) is 0.375. The Morgan fingerprint density at radius 1 is 1.78 bits per heavy atom. The Kier molecular flexibility index (Phi) is 1.75. The van der Waals surface area contributed by atoms with Crippen molar-refractivity contribution in [2.75, 3.05) is 20.3 Å². The number of hydrogen-bond donors (Lipinski definition) is 0. The molecule has 1 aliphatic rings. The Balaban J connectivity index is 2.24. The standard InChI is InChI=1S/C7H10O2/c1-7(6-9-7)4-3-5-8-2/h5-6H2,1-2H3. The summed E-state index contributed by atoms with van der Waals surface area (Å²) in [5, 5.41) is 0. The van der Waals surface area contributed by atoms with Crippen molar-refractivity contribution in [1.29, 1.82) is 0 Å². The Morgan fingerprint density at radius 2 is 2.44 bits per heavy atom. The lowest BCUT2D eigenvalue weighted by Gasteiger charge is -1.87. The summed E-state index contributed by atoms with van der Waals surface area (Å²) in [5.74, 6) is 5.78. The normalized spacial score (nSPS) is 30.9. The predicted molar refractivity (Wildman–Crippen MR) is 34.0 cm³/mol. The van der Waals surface area contributed by atoms with Crippen LogP contribution in [0.15, 0.2) is 0 Å². The minimum absolute atomic E-state index is 0.140. The van der Waals surface area contributed by atoms with Gasteiger partial charge in [0.2, 0.25) is 0 Å². The van der Waals surface area contributed by atoms with E-state index in [1.807, 2.05) is 6.92 Å². The van der Waals surface area contributed by atoms with E-state index in [1.165, 1.54) is 0 Å². The van der Waals surface area contributed by atoms with E-state index in [0.29, 0.717) is 6.61 Å². The van der Waals surface area contributed by atoms with Gasteiger partial charge < -0.3 is 9.47 Å². The van der Waals surface area contributed by atoms with Gasteiger partial charge >= 0.3 is 0 Å². The van der Waals surface area contributed by atoms with Crippen molar-refractivity contribution in [1.82, 2.24) is 0 Å². The molecule has 2 heteroatoms. The Bertz CT molecular complexity index is 148. The van der Waals surface area contributed by atoms with E-state index < -0.39 is 0 Å². The fourth-order valence-corrected chi connectivity index (χ4v) is 0.476. The first-order chi connectivity index (χ1) is 4.27. The summed E-state index contributed by atoms with van der Waals surface area (Å²) in [6, 6.07) is 0. The van der Waals surface area contributed by atoms with Gasteiger partial charge in [-0.1, -0.05) is 11.8 Å². The molecule has 2 nitrogen and oxygen atoms in total. The van der Waals surface area contributed by atoms with Crippen molar-refractivity contribution >= 4 is 0 Å². The average molecular weight is 126 g/mol. The maximum absolute atomic E-state index is 5.01. The Hall–Kier alpha value is -0.520. The summed E-state index contributed by atoms with van der Waals surface area (Å²) in [4.78, 5) is 0. The molecule has 0 aliphatic carbocycles. The molecule has 1 saturated heterocycles. The van der Waals surface area contributed by atoms with Crippen molar-refractivity contribution in [3.8, 4) is 11.8 Å². The molecule has 1 atom stereocenters. The summed E-state index contributed by atoms with van der Waals surface area (Å²) in [6.45, 7) is 3.23. The van der Waals surface area contributed by atoms with E-state index in [2.05, 4.69) is 11.8 Å². The van der Waals surface area contributed by atoms with Gasteiger partial charge in [0.15, 0.2) is 0 Å². The molecule has 0 amide bonds. The fraction of sp³-hybridized carbons (Fsp3) is 0.714. The zero-order valence-electron chi connectivity index (χ0n) is 5.73. The van der Waals surface area contributed by atoms with Gasteiger partial charge in [0, 0.05) is 7.11 Å². The number of rotatable bonds is 1. The van der Waals surface area contributed by atoms with Gasteiger partial charge in [-0.05, 0) is 6.92 Å². The van der Waals surface area contributed by atoms with Crippen LogP contribution < -0.4 is 0 Å². The third kappa shape index (κ3) is 2.05. The molecule has 0 aromatic carbocycles. The maximum Gasteiger partial charge on any atom is 0.149 e. The topological polar surface area (TPSA) is 21.8 Å². The lowest BCUT2D eigenvalue weighted by Crippen LogP contribution is -1.98. The van der Waals surface area contributed by atoms with E-state index in [4.69, 9.17) is 9.47 Å². The third-order valence-electron chi connectivity index (χ3n) is 1.15. The highest BCUT2D eigenvalue weighted by Crippen LogP contribution is 2.23. The molecule has 1 fully saturated rings. The average Bonchev–Trinajstić information content (AvgIpc) is 2.50. The Morgan fingerprint density at radius 3 is 2.89 bits per heavy atom. The number of methoxy groups -OCH3 is 1. The molecule has 0 saturated carbocycles. The molecule has 9 heavy (non-hydrogen) atoms. The summed E-state index contributed by atoms with van der Waals surface area (Å²) in [6.07, 6.45) is 0. The zero-order valence-corrected chi connectivity index (χ0v) is 5.73. The smallest absolute Gasteiger partial charge is 0.149 e. The molecule has 1 rings (SSSR count). The van der Waals surface area contributed by atoms with E-state index in [9.17, 15) is 0 Å². The van der Waals surface area contributed by atoms with Gasteiger partial charge in [-0.25, -0.2) is 0 Å². The Labute approximate surface area is 55.1 Å². The second kappa shape index (κ2) is 2.38. The first-order valence-corrected chi connectivity index (χ1v) is 2.90. The van der Waals surface area contributed by atoms with E-state index in [0.717, 1.165) is 6.61 Å². The number of epoxide rings is 1. The summed E-state index contributed by atoms with van der Waals surface area (Å²) in [5.41, 5.74) is -0.140. The van der Waals surface area contributed by atoms with Crippen LogP contribution in [0.3, 0.4) is 0 Å². The van der Waals surface area contributed by atoms with Crippen molar-refractivity contribution in [3.63, 3.8) is 0 Å². The molecule has 0 aromatic rings. The molecule has 0 spiro atoms. The molecular formula is C7H10O2. The van der Waals surface area contributed by atoms with Crippen molar-refractivity contribution in [3.05, 3.63) is 0 Å². The first kappa shape index (κ1) is 6.60. The SMILES string of the molecule is COCC#CC1(C)CO1. The maximum atomic E-state index is 5.01. The highest BCUT2D eigenvalue weighted by molar-refractivity contribution is 5.18. The summed E-state index contributed by atoms with van der Waals surface area (Å²) < 4.78 is 9.75. The van der Waals surface area contributed by atoms with Gasteiger partial charge in [-0.2, -0.15) is 0 Å². The van der Waals surface area contributed by atoms with Crippen LogP contribution in [-0.2, 0) is 9.47 Å². The molecule has 50 valence electrons. The fourth-order valence-electron chi connectivity index (χ4n) is 0.476. The zero-order chi connectivity index (χ0) is 6.74. The van der Waals surface area contributed by atoms with Crippen LogP contribution in [0, 0.1) is 11.8 Å². The molecule has 0 aromatic heterocycles. The second-order valence-electron chi connectivity index (χ2n) is 2.25. The van der Waals surface area contributed by atoms with Crippen LogP contribution in [0.4, 0.5) is 0 Å². The summed E-state index contributed by atoms with van der Waals surface area (Å²) >= 11 is 0. The van der Waals surface area contributed by atoms with Crippen LogP contribution in [0.2, 0.25) is 0 Å². The molecule has 1 unspecified atom stereocenters. The van der Waals surface area contributed by atoms with E-state index in [-0.39, 0.29) is 5.60 Å². The number of ether oxygens (including phenoxy) is 2. The van der Waals surface area contributed by atoms with Crippen LogP contribution in [0.1, 0.15) is 6.92 Å². The van der Waals surface area contributed by atoms with Gasteiger partial charge in [0.05, 0.1) is 6.61 Å². The minimum Gasteiger partial charge on any atom is -0.372 e. The van der Waals surface area contributed by atoms with Crippen molar-refractivity contribution < 1.29 is 9.47 Å². The molecule has 1 heterocycles. The largest absolute Gasteiger partial charge is 0.372 e. The molecule has 0 radical (unpaired) electrons. The molecule has 0 bridgehead atoms. The third-order valence-corrected chi connectivity index (χ3v) is 1.15. The van der Waals surface area contributed by atoms with E-state index >= 15 is 0 Å². The first-order valence-electron chi connectivity index (χ1n) is 2.90. The van der Waals surface area contributed by atoms with Crippen LogP contribution >= 0.6 is 0 Å². The molecule has 0 N–H and O–H groups in total. The van der Waals surface area contributed by atoms with Gasteiger partial charge in [0.25, 0.3) is 0 Å². The highest BCUT2D eigenvalue weighted by atomic mass is 16.6. The van der Waals surface area contributed by atoms with E-state index in [1.54, 1.807) is 7.11 Å². The predicted octanol–water partition coefficient (Wildman–Crippen LogP) is 0.425. The highest BCUT2D eigenvalue weighted by Gasteiger charge is 2.36. The molecule has 1 aliphatic heterocycles. The van der Waals surface area contributed by atoms with Crippen molar-refractivity contribution in [2.24, 2.45) is 0 Å². The lowest BCUT2D eigenvalue weighted by atomic mass is 10.2.